The number of ether oxygens (including phenoxy) is 3. The van der Waals surface area contributed by atoms with E-state index < -0.39 is 17.7 Å². The monoisotopic (exact) mass is 472 g/mol. The zero-order valence-corrected chi connectivity index (χ0v) is 19.1. The largest absolute Gasteiger partial charge is 0.507 e. The molecule has 2 aliphatic heterocycles. The van der Waals surface area contributed by atoms with Gasteiger partial charge < -0.3 is 24.2 Å². The van der Waals surface area contributed by atoms with Gasteiger partial charge in [-0.3, -0.25) is 14.6 Å². The van der Waals surface area contributed by atoms with Crippen molar-refractivity contribution in [3.8, 4) is 17.2 Å². The molecule has 0 saturated carbocycles. The standard InChI is InChI=1S/C27H24N2O6/c1-2-33-20-8-5-18(6-9-20)24-23(25(30)19-7-10-21-22(14-19)35-13-12-34-21)26(31)27(32)29(24)16-17-4-3-11-28-15-17/h3-11,14-15,24,30H,2,12-13,16H2,1H3/t24-/m1/s1. The number of hydrogen-bond donors (Lipinski definition) is 1. The molecule has 1 aromatic heterocycles. The van der Waals surface area contributed by atoms with Crippen molar-refractivity contribution in [1.82, 2.24) is 9.88 Å². The number of nitrogens with zero attached hydrogens (tertiary/aromatic N) is 2. The zero-order valence-electron chi connectivity index (χ0n) is 19.1. The molecule has 0 radical (unpaired) electrons. The van der Waals surface area contributed by atoms with Gasteiger partial charge >= 0.3 is 0 Å². The maximum absolute atomic E-state index is 13.3. The van der Waals surface area contributed by atoms with Gasteiger partial charge in [0, 0.05) is 24.5 Å². The number of aliphatic hydroxyl groups is 1. The smallest absolute Gasteiger partial charge is 0.295 e. The number of fused-ring (bicyclic) bond motifs is 1. The second-order valence-corrected chi connectivity index (χ2v) is 8.15. The van der Waals surface area contributed by atoms with E-state index in [0.29, 0.717) is 48.2 Å². The quantitative estimate of drug-likeness (QED) is 0.330. The van der Waals surface area contributed by atoms with Crippen LogP contribution in [0.2, 0.25) is 0 Å². The highest BCUT2D eigenvalue weighted by atomic mass is 16.6. The molecule has 5 rings (SSSR count). The number of pyridine rings is 1. The molecular weight excluding hydrogens is 448 g/mol. The maximum Gasteiger partial charge on any atom is 0.295 e. The van der Waals surface area contributed by atoms with Gasteiger partial charge in [0.05, 0.1) is 18.2 Å². The summed E-state index contributed by atoms with van der Waals surface area (Å²) >= 11 is 0. The molecule has 3 heterocycles. The van der Waals surface area contributed by atoms with Gasteiger partial charge in [-0.2, -0.15) is 0 Å². The highest BCUT2D eigenvalue weighted by Crippen LogP contribution is 2.42. The van der Waals surface area contributed by atoms with E-state index in [2.05, 4.69) is 4.98 Å². The van der Waals surface area contributed by atoms with E-state index in [1.54, 1.807) is 60.9 Å². The fraction of sp³-hybridized carbons (Fsp3) is 0.222. The number of carbonyl (C=O) groups is 2. The molecule has 0 aliphatic carbocycles. The molecule has 2 aromatic carbocycles. The SMILES string of the molecule is CCOc1ccc([C@@H]2C(=C(O)c3ccc4c(c3)OCCO4)C(=O)C(=O)N2Cc2cccnc2)cc1. The molecule has 8 heteroatoms. The zero-order chi connectivity index (χ0) is 24.4. The average Bonchev–Trinajstić information content (AvgIpc) is 3.14. The molecule has 1 N–H and O–H groups in total. The maximum atomic E-state index is 13.3. The minimum atomic E-state index is -0.793. The first-order valence-corrected chi connectivity index (χ1v) is 11.4. The third kappa shape index (κ3) is 4.30. The lowest BCUT2D eigenvalue weighted by Gasteiger charge is -2.25. The van der Waals surface area contributed by atoms with Gasteiger partial charge in [0.1, 0.15) is 24.7 Å². The molecule has 1 atom stereocenters. The summed E-state index contributed by atoms with van der Waals surface area (Å²) in [5, 5.41) is 11.3. The van der Waals surface area contributed by atoms with E-state index in [1.807, 2.05) is 13.0 Å². The number of hydrogen-bond acceptors (Lipinski definition) is 7. The topological polar surface area (TPSA) is 98.2 Å². The van der Waals surface area contributed by atoms with Gasteiger partial charge in [-0.05, 0) is 54.4 Å². The lowest BCUT2D eigenvalue weighted by molar-refractivity contribution is -0.140. The Kier molecular flexibility index (Phi) is 6.10. The van der Waals surface area contributed by atoms with Crippen molar-refractivity contribution in [3.05, 3.63) is 89.3 Å². The van der Waals surface area contributed by atoms with E-state index in [0.717, 1.165) is 5.56 Å². The average molecular weight is 472 g/mol. The van der Waals surface area contributed by atoms with E-state index in [9.17, 15) is 14.7 Å². The Labute approximate surface area is 202 Å². The van der Waals surface area contributed by atoms with Crippen molar-refractivity contribution >= 4 is 17.4 Å². The molecule has 0 bridgehead atoms. The Morgan fingerprint density at radius 1 is 1.09 bits per heavy atom. The molecule has 1 saturated heterocycles. The molecule has 35 heavy (non-hydrogen) atoms. The number of ketones is 1. The summed E-state index contributed by atoms with van der Waals surface area (Å²) in [5.41, 5.74) is 1.82. The van der Waals surface area contributed by atoms with E-state index >= 15 is 0 Å². The summed E-state index contributed by atoms with van der Waals surface area (Å²) in [6.45, 7) is 3.40. The van der Waals surface area contributed by atoms with Gasteiger partial charge in [-0.1, -0.05) is 18.2 Å². The van der Waals surface area contributed by atoms with Crippen LogP contribution < -0.4 is 14.2 Å². The van der Waals surface area contributed by atoms with Crippen molar-refractivity contribution in [2.75, 3.05) is 19.8 Å². The highest BCUT2D eigenvalue weighted by Gasteiger charge is 2.46. The summed E-state index contributed by atoms with van der Waals surface area (Å²) in [7, 11) is 0. The van der Waals surface area contributed by atoms with Crippen LogP contribution >= 0.6 is 0 Å². The molecular formula is C27H24N2O6. The molecule has 1 amide bonds. The van der Waals surface area contributed by atoms with Crippen molar-refractivity contribution in [3.63, 3.8) is 0 Å². The fourth-order valence-electron chi connectivity index (χ4n) is 4.34. The van der Waals surface area contributed by atoms with Crippen LogP contribution in [0.4, 0.5) is 0 Å². The van der Waals surface area contributed by atoms with Crippen molar-refractivity contribution in [1.29, 1.82) is 0 Å². The molecule has 178 valence electrons. The Bertz CT molecular complexity index is 1290. The summed E-state index contributed by atoms with van der Waals surface area (Å²) in [5.74, 6) is 0.00239. The van der Waals surface area contributed by atoms with Crippen LogP contribution in [0.1, 0.15) is 29.7 Å². The molecule has 0 unspecified atom stereocenters. The van der Waals surface area contributed by atoms with E-state index in [1.165, 1.54) is 4.90 Å². The summed E-state index contributed by atoms with van der Waals surface area (Å²) in [6.07, 6.45) is 3.29. The summed E-state index contributed by atoms with van der Waals surface area (Å²) < 4.78 is 16.7. The van der Waals surface area contributed by atoms with Crippen molar-refractivity contribution in [2.24, 2.45) is 0 Å². The summed E-state index contributed by atoms with van der Waals surface area (Å²) in [6, 6.07) is 14.9. The lowest BCUT2D eigenvalue weighted by Crippen LogP contribution is -2.29. The van der Waals surface area contributed by atoms with E-state index in [4.69, 9.17) is 14.2 Å². The molecule has 2 aliphatic rings. The fourth-order valence-corrected chi connectivity index (χ4v) is 4.34. The van der Waals surface area contributed by atoms with Gasteiger partial charge in [-0.15, -0.1) is 0 Å². The minimum Gasteiger partial charge on any atom is -0.507 e. The predicted molar refractivity (Wildman–Crippen MR) is 127 cm³/mol. The summed E-state index contributed by atoms with van der Waals surface area (Å²) in [4.78, 5) is 32.0. The molecule has 8 nitrogen and oxygen atoms in total. The Balaban J connectivity index is 1.61. The van der Waals surface area contributed by atoms with Crippen LogP contribution in [0, 0.1) is 0 Å². The molecule has 1 fully saturated rings. The van der Waals surface area contributed by atoms with Crippen LogP contribution in [0.15, 0.2) is 72.6 Å². The van der Waals surface area contributed by atoms with Crippen LogP contribution in [-0.4, -0.2) is 46.5 Å². The number of likely N-dealkylation sites (tertiary alicyclic amines) is 1. The minimum absolute atomic E-state index is 0.0136. The first kappa shape index (κ1) is 22.5. The number of amides is 1. The number of aromatic nitrogens is 1. The first-order valence-electron chi connectivity index (χ1n) is 11.4. The highest BCUT2D eigenvalue weighted by molar-refractivity contribution is 6.46. The number of benzene rings is 2. The lowest BCUT2D eigenvalue weighted by atomic mass is 9.95. The van der Waals surface area contributed by atoms with Gasteiger partial charge in [0.25, 0.3) is 11.7 Å². The van der Waals surface area contributed by atoms with Crippen LogP contribution in [0.5, 0.6) is 17.2 Å². The first-order chi connectivity index (χ1) is 17.1. The van der Waals surface area contributed by atoms with Crippen molar-refractivity contribution in [2.45, 2.75) is 19.5 Å². The van der Waals surface area contributed by atoms with Gasteiger partial charge in [-0.25, -0.2) is 0 Å². The van der Waals surface area contributed by atoms with Crippen molar-refractivity contribution < 1.29 is 28.9 Å². The Morgan fingerprint density at radius 2 is 1.86 bits per heavy atom. The molecule has 0 spiro atoms. The van der Waals surface area contributed by atoms with Crippen LogP contribution in [0.3, 0.4) is 0 Å². The third-order valence-electron chi connectivity index (χ3n) is 5.94. The number of carbonyl (C=O) groups excluding carboxylic acids is 2. The normalized spacial score (nSPS) is 18.5. The Morgan fingerprint density at radius 3 is 2.57 bits per heavy atom. The van der Waals surface area contributed by atoms with E-state index in [-0.39, 0.29) is 17.9 Å². The van der Waals surface area contributed by atoms with Gasteiger partial charge in [0.15, 0.2) is 11.5 Å². The number of rotatable bonds is 6. The van der Waals surface area contributed by atoms with Gasteiger partial charge in [0.2, 0.25) is 0 Å². The predicted octanol–water partition coefficient (Wildman–Crippen LogP) is 3.87. The Hall–Kier alpha value is -4.33. The van der Waals surface area contributed by atoms with Crippen LogP contribution in [-0.2, 0) is 16.1 Å². The molecule has 3 aromatic rings. The van der Waals surface area contributed by atoms with Crippen LogP contribution in [0.25, 0.3) is 5.76 Å². The number of Topliss-reactive ketones (excluding diaryl/α,β-unsaturated/α-hetero) is 1. The second kappa shape index (κ2) is 9.50. The number of aliphatic hydroxyl groups excluding tert-OH is 1. The third-order valence-corrected chi connectivity index (χ3v) is 5.94. The second-order valence-electron chi connectivity index (χ2n) is 8.15.